The lowest BCUT2D eigenvalue weighted by molar-refractivity contribution is -0.142. The van der Waals surface area contributed by atoms with Crippen LogP contribution in [0.5, 0.6) is 0 Å². The Bertz CT molecular complexity index is 1440. The molecule has 0 saturated carbocycles. The molecule has 1 aliphatic heterocycles. The van der Waals surface area contributed by atoms with Gasteiger partial charge in [0, 0.05) is 24.6 Å². The molecule has 2 heterocycles. The van der Waals surface area contributed by atoms with E-state index in [1.54, 1.807) is 29.1 Å². The van der Waals surface area contributed by atoms with Crippen molar-refractivity contribution >= 4 is 36.2 Å². The van der Waals surface area contributed by atoms with Crippen molar-refractivity contribution in [2.24, 2.45) is 0 Å². The van der Waals surface area contributed by atoms with Gasteiger partial charge in [-0.2, -0.15) is 0 Å². The van der Waals surface area contributed by atoms with Gasteiger partial charge >= 0.3 is 19.2 Å². The van der Waals surface area contributed by atoms with E-state index in [9.17, 15) is 14.4 Å². The van der Waals surface area contributed by atoms with Gasteiger partial charge in [0.2, 0.25) is 0 Å². The molecule has 0 unspecified atom stereocenters. The largest absolute Gasteiger partial charge is 0.494 e. The van der Waals surface area contributed by atoms with Crippen LogP contribution in [-0.4, -0.2) is 51.3 Å². The van der Waals surface area contributed by atoms with Gasteiger partial charge < -0.3 is 24.1 Å². The van der Waals surface area contributed by atoms with E-state index in [1.807, 2.05) is 58.9 Å². The summed E-state index contributed by atoms with van der Waals surface area (Å²) in [5.41, 5.74) is 2.50. The zero-order valence-corrected chi connectivity index (χ0v) is 25.4. The van der Waals surface area contributed by atoms with Crippen LogP contribution in [0.4, 0.5) is 10.5 Å². The lowest BCUT2D eigenvalue weighted by atomic mass is 9.79. The van der Waals surface area contributed by atoms with Crippen molar-refractivity contribution in [3.63, 3.8) is 0 Å². The Labute approximate surface area is 251 Å². The van der Waals surface area contributed by atoms with E-state index in [0.29, 0.717) is 22.5 Å². The van der Waals surface area contributed by atoms with Crippen molar-refractivity contribution in [3.05, 3.63) is 71.0 Å². The number of hydrogen-bond acceptors (Lipinski definition) is 9. The first-order valence-electron chi connectivity index (χ1n) is 14.2. The van der Waals surface area contributed by atoms with Crippen LogP contribution in [0.1, 0.15) is 75.1 Å². The van der Waals surface area contributed by atoms with Crippen LogP contribution in [0.25, 0.3) is 0 Å². The number of aromatic nitrogens is 3. The molecule has 0 radical (unpaired) electrons. The van der Waals surface area contributed by atoms with Crippen LogP contribution in [0, 0.1) is 0 Å². The Morgan fingerprint density at radius 1 is 0.977 bits per heavy atom. The Balaban J connectivity index is 1.34. The predicted molar refractivity (Wildman–Crippen MR) is 159 cm³/mol. The molecule has 0 spiro atoms. The number of ether oxygens (including phenoxy) is 2. The second-order valence-corrected chi connectivity index (χ2v) is 11.3. The number of aryl methyl sites for hydroxylation is 1. The summed E-state index contributed by atoms with van der Waals surface area (Å²) in [4.78, 5) is 36.9. The average molecular weight is 591 g/mol. The molecule has 12 nitrogen and oxygen atoms in total. The smallest absolute Gasteiger partial charge is 0.461 e. The van der Waals surface area contributed by atoms with Crippen molar-refractivity contribution in [2.45, 2.75) is 85.5 Å². The molecule has 1 saturated heterocycles. The molecular weight excluding hydrogens is 553 g/mol. The lowest BCUT2D eigenvalue weighted by Gasteiger charge is -2.32. The number of amides is 2. The number of rotatable bonds is 11. The summed E-state index contributed by atoms with van der Waals surface area (Å²) < 4.78 is 24.4. The van der Waals surface area contributed by atoms with E-state index in [2.05, 4.69) is 20.9 Å². The van der Waals surface area contributed by atoms with Crippen LogP contribution >= 0.6 is 0 Å². The van der Waals surface area contributed by atoms with E-state index in [1.165, 1.54) is 6.92 Å². The molecule has 1 aromatic heterocycles. The molecule has 43 heavy (non-hydrogen) atoms. The van der Waals surface area contributed by atoms with Crippen molar-refractivity contribution < 1.29 is 33.2 Å². The second-order valence-electron chi connectivity index (χ2n) is 11.3. The van der Waals surface area contributed by atoms with E-state index < -0.39 is 30.4 Å². The molecule has 2 aromatic carbocycles. The SMILES string of the molecule is CCCn1cc(CNC(=O)c2ccc(NC(=O)OCc3ccc(B4OC(C)(C)C(C)(C)O4)cc3)c(COC(C)=O)c2)nn1. The topological polar surface area (TPSA) is 143 Å². The van der Waals surface area contributed by atoms with Gasteiger partial charge in [0.15, 0.2) is 0 Å². The third-order valence-corrected chi connectivity index (χ3v) is 7.38. The third kappa shape index (κ3) is 8.20. The second kappa shape index (κ2) is 13.4. The molecule has 13 heteroatoms. The summed E-state index contributed by atoms with van der Waals surface area (Å²) in [6, 6.07) is 12.1. The van der Waals surface area contributed by atoms with Crippen LogP contribution in [0.2, 0.25) is 0 Å². The number of anilines is 1. The molecule has 228 valence electrons. The molecule has 4 rings (SSSR count). The Morgan fingerprint density at radius 3 is 2.33 bits per heavy atom. The summed E-state index contributed by atoms with van der Waals surface area (Å²) in [7, 11) is -0.481. The fourth-order valence-electron chi connectivity index (χ4n) is 4.23. The number of esters is 1. The minimum Gasteiger partial charge on any atom is -0.461 e. The Morgan fingerprint density at radius 2 is 1.67 bits per heavy atom. The third-order valence-electron chi connectivity index (χ3n) is 7.38. The molecule has 0 aliphatic carbocycles. The summed E-state index contributed by atoms with van der Waals surface area (Å²) >= 11 is 0. The Kier molecular flexibility index (Phi) is 9.87. The first kappa shape index (κ1) is 31.7. The first-order chi connectivity index (χ1) is 20.4. The van der Waals surface area contributed by atoms with Crippen LogP contribution in [0.3, 0.4) is 0 Å². The van der Waals surface area contributed by atoms with Gasteiger partial charge in [-0.05, 0) is 63.3 Å². The van der Waals surface area contributed by atoms with Crippen molar-refractivity contribution in [1.82, 2.24) is 20.3 Å². The van der Waals surface area contributed by atoms with Crippen LogP contribution in [-0.2, 0) is 49.9 Å². The summed E-state index contributed by atoms with van der Waals surface area (Å²) in [5.74, 6) is -0.852. The number of nitrogens with one attached hydrogen (secondary N) is 2. The van der Waals surface area contributed by atoms with Crippen molar-refractivity contribution in [2.75, 3.05) is 5.32 Å². The zero-order chi connectivity index (χ0) is 31.2. The minimum atomic E-state index is -0.702. The highest BCUT2D eigenvalue weighted by Gasteiger charge is 2.51. The maximum atomic E-state index is 12.8. The number of nitrogens with zero attached hydrogens (tertiary/aromatic N) is 3. The molecule has 2 N–H and O–H groups in total. The first-order valence-corrected chi connectivity index (χ1v) is 14.2. The molecule has 3 aromatic rings. The quantitative estimate of drug-likeness (QED) is 0.252. The van der Waals surface area contributed by atoms with E-state index in [4.69, 9.17) is 18.8 Å². The summed E-state index contributed by atoms with van der Waals surface area (Å²) in [5, 5.41) is 13.5. The van der Waals surface area contributed by atoms with Gasteiger partial charge in [0.05, 0.1) is 29.6 Å². The fraction of sp³-hybridized carbons (Fsp3) is 0.433. The highest BCUT2D eigenvalue weighted by atomic mass is 16.7. The average Bonchev–Trinajstić information content (AvgIpc) is 3.50. The van der Waals surface area contributed by atoms with Gasteiger partial charge in [-0.15, -0.1) is 5.10 Å². The fourth-order valence-corrected chi connectivity index (χ4v) is 4.23. The molecular formula is C30H38BN5O7. The maximum absolute atomic E-state index is 12.8. The number of carbonyl (C=O) groups excluding carboxylic acids is 3. The maximum Gasteiger partial charge on any atom is 0.494 e. The summed E-state index contributed by atoms with van der Waals surface area (Å²) in [6.45, 7) is 12.1. The monoisotopic (exact) mass is 591 g/mol. The highest BCUT2D eigenvalue weighted by molar-refractivity contribution is 6.62. The predicted octanol–water partition coefficient (Wildman–Crippen LogP) is 3.73. The molecule has 0 atom stereocenters. The molecule has 1 fully saturated rings. The van der Waals surface area contributed by atoms with Crippen LogP contribution in [0.15, 0.2) is 48.7 Å². The number of carbonyl (C=O) groups is 3. The van der Waals surface area contributed by atoms with Gasteiger partial charge in [-0.3, -0.25) is 19.6 Å². The van der Waals surface area contributed by atoms with E-state index >= 15 is 0 Å². The van der Waals surface area contributed by atoms with E-state index in [-0.39, 0.29) is 25.7 Å². The standard InChI is InChI=1S/C30H38BN5O7/c1-7-14-36-17-25(34-35-36)16-32-27(38)22-10-13-26(23(15-22)19-40-20(2)37)33-28(39)41-18-21-8-11-24(12-9-21)31-42-29(3,4)30(5,6)43-31/h8-13,15,17H,7,14,16,18-19H2,1-6H3,(H,32,38)(H,33,39). The zero-order valence-electron chi connectivity index (χ0n) is 25.4. The lowest BCUT2D eigenvalue weighted by Crippen LogP contribution is -2.41. The Hall–Kier alpha value is -4.23. The van der Waals surface area contributed by atoms with Crippen molar-refractivity contribution in [3.8, 4) is 0 Å². The van der Waals surface area contributed by atoms with Gasteiger partial charge in [-0.25, -0.2) is 4.79 Å². The normalized spacial score (nSPS) is 15.2. The van der Waals surface area contributed by atoms with Gasteiger partial charge in [0.25, 0.3) is 5.91 Å². The molecule has 2 amide bonds. The highest BCUT2D eigenvalue weighted by Crippen LogP contribution is 2.36. The van der Waals surface area contributed by atoms with Crippen molar-refractivity contribution in [1.29, 1.82) is 0 Å². The summed E-state index contributed by atoms with van der Waals surface area (Å²) in [6.07, 6.45) is 2.00. The molecule has 0 bridgehead atoms. The number of hydrogen-bond donors (Lipinski definition) is 2. The van der Waals surface area contributed by atoms with Gasteiger partial charge in [0.1, 0.15) is 18.9 Å². The van der Waals surface area contributed by atoms with Gasteiger partial charge in [-0.1, -0.05) is 36.4 Å². The molecule has 1 aliphatic rings. The minimum absolute atomic E-state index is 0.0259. The number of benzene rings is 2. The van der Waals surface area contributed by atoms with Crippen LogP contribution < -0.4 is 16.1 Å². The van der Waals surface area contributed by atoms with E-state index in [0.717, 1.165) is 24.0 Å².